The zero-order valence-corrected chi connectivity index (χ0v) is 17.4. The van der Waals surface area contributed by atoms with Gasteiger partial charge in [-0.2, -0.15) is 5.10 Å². The first-order valence-electron chi connectivity index (χ1n) is 9.59. The lowest BCUT2D eigenvalue weighted by Crippen LogP contribution is -2.05. The molecule has 3 aromatic carbocycles. The maximum atomic E-state index is 5.97. The molecule has 29 heavy (non-hydrogen) atoms. The number of hydrogen-bond donors (Lipinski definition) is 1. The van der Waals surface area contributed by atoms with E-state index in [1.807, 2.05) is 49.4 Å². The Kier molecular flexibility index (Phi) is 7.54. The second kappa shape index (κ2) is 10.5. The Balaban J connectivity index is 1.60. The van der Waals surface area contributed by atoms with E-state index in [2.05, 4.69) is 41.7 Å². The van der Waals surface area contributed by atoms with Crippen molar-refractivity contribution in [2.24, 2.45) is 5.10 Å². The van der Waals surface area contributed by atoms with Crippen LogP contribution in [0, 0.1) is 6.92 Å². The van der Waals surface area contributed by atoms with Crippen LogP contribution in [0.5, 0.6) is 11.5 Å². The number of hydrazone groups is 1. The van der Waals surface area contributed by atoms with Gasteiger partial charge in [-0.25, -0.2) is 0 Å². The third-order valence-electron chi connectivity index (χ3n) is 4.28. The molecular formula is C24H25ClN2O2. The summed E-state index contributed by atoms with van der Waals surface area (Å²) in [6.45, 7) is 5.72. The molecule has 0 aliphatic rings. The number of halogens is 1. The molecule has 150 valence electrons. The Bertz CT molecular complexity index is 938. The lowest BCUT2D eigenvalue weighted by atomic mass is 10.2. The number of hydrogen-bond acceptors (Lipinski definition) is 4. The van der Waals surface area contributed by atoms with Crippen LogP contribution < -0.4 is 14.9 Å². The predicted octanol–water partition coefficient (Wildman–Crippen LogP) is 5.75. The minimum atomic E-state index is 0.496. The third kappa shape index (κ3) is 6.54. The van der Waals surface area contributed by atoms with Gasteiger partial charge in [0.1, 0.15) is 6.61 Å². The number of nitrogens with one attached hydrogen (secondary N) is 1. The van der Waals surface area contributed by atoms with Gasteiger partial charge in [-0.05, 0) is 60.9 Å². The Labute approximate surface area is 177 Å². The van der Waals surface area contributed by atoms with Gasteiger partial charge in [-0.1, -0.05) is 53.6 Å². The van der Waals surface area contributed by atoms with Crippen LogP contribution in [0.3, 0.4) is 0 Å². The molecule has 4 nitrogen and oxygen atoms in total. The summed E-state index contributed by atoms with van der Waals surface area (Å²) < 4.78 is 11.7. The van der Waals surface area contributed by atoms with Crippen LogP contribution in [0.25, 0.3) is 0 Å². The molecule has 0 amide bonds. The van der Waals surface area contributed by atoms with Gasteiger partial charge < -0.3 is 14.9 Å². The quantitative estimate of drug-likeness (QED) is 0.362. The van der Waals surface area contributed by atoms with Gasteiger partial charge in [0.25, 0.3) is 0 Å². The van der Waals surface area contributed by atoms with E-state index in [9.17, 15) is 0 Å². The van der Waals surface area contributed by atoms with Crippen molar-refractivity contribution in [2.75, 3.05) is 6.61 Å². The van der Waals surface area contributed by atoms with E-state index in [-0.39, 0.29) is 0 Å². The van der Waals surface area contributed by atoms with E-state index in [1.54, 1.807) is 6.21 Å². The van der Waals surface area contributed by atoms with Gasteiger partial charge in [0, 0.05) is 5.02 Å². The highest BCUT2D eigenvalue weighted by Crippen LogP contribution is 2.29. The fourth-order valence-electron chi connectivity index (χ4n) is 2.70. The Hall–Kier alpha value is -2.98. The average molecular weight is 409 g/mol. The van der Waals surface area contributed by atoms with Crippen LogP contribution in [0.1, 0.15) is 29.2 Å². The highest BCUT2D eigenvalue weighted by atomic mass is 35.5. The van der Waals surface area contributed by atoms with Crippen molar-refractivity contribution in [3.63, 3.8) is 0 Å². The average Bonchev–Trinajstić information content (AvgIpc) is 2.73. The fourth-order valence-corrected chi connectivity index (χ4v) is 2.82. The Morgan fingerprint density at radius 1 is 0.897 bits per heavy atom. The number of aryl methyl sites for hydroxylation is 1. The molecule has 0 saturated heterocycles. The summed E-state index contributed by atoms with van der Waals surface area (Å²) in [5.74, 6) is 1.43. The third-order valence-corrected chi connectivity index (χ3v) is 4.54. The van der Waals surface area contributed by atoms with Crippen molar-refractivity contribution in [2.45, 2.75) is 27.0 Å². The summed E-state index contributed by atoms with van der Waals surface area (Å²) in [5, 5.41) is 5.01. The standard InChI is InChI=1S/C24H25ClN2O2/c1-3-28-24-14-21(16-27-26-15-19-8-11-22(25)12-9-19)10-13-23(24)29-17-20-6-4-18(2)5-7-20/h4-14,16,26H,3,15,17H2,1-2H3/b27-16-. The largest absolute Gasteiger partial charge is 0.490 e. The number of benzene rings is 3. The molecule has 3 aromatic rings. The second-order valence-corrected chi connectivity index (χ2v) is 7.07. The van der Waals surface area contributed by atoms with Gasteiger partial charge in [0.05, 0.1) is 19.4 Å². The monoisotopic (exact) mass is 408 g/mol. The number of nitrogens with zero attached hydrogens (tertiary/aromatic N) is 1. The molecule has 0 unspecified atom stereocenters. The number of rotatable bonds is 9. The minimum absolute atomic E-state index is 0.496. The first kappa shape index (κ1) is 20.7. The van der Waals surface area contributed by atoms with Crippen LogP contribution in [0.15, 0.2) is 71.8 Å². The first-order chi connectivity index (χ1) is 14.1. The molecule has 3 rings (SSSR count). The molecule has 0 bridgehead atoms. The lowest BCUT2D eigenvalue weighted by Gasteiger charge is -2.13. The molecule has 1 N–H and O–H groups in total. The van der Waals surface area contributed by atoms with Gasteiger partial charge in [0.2, 0.25) is 0 Å². The molecule has 0 spiro atoms. The topological polar surface area (TPSA) is 42.8 Å². The van der Waals surface area contributed by atoms with Crippen LogP contribution in [0.4, 0.5) is 0 Å². The Morgan fingerprint density at radius 3 is 2.34 bits per heavy atom. The van der Waals surface area contributed by atoms with Crippen molar-refractivity contribution < 1.29 is 9.47 Å². The molecule has 0 aromatic heterocycles. The molecule has 0 aliphatic carbocycles. The van der Waals surface area contributed by atoms with Crippen LogP contribution in [-0.4, -0.2) is 12.8 Å². The van der Waals surface area contributed by atoms with Crippen LogP contribution >= 0.6 is 11.6 Å². The van der Waals surface area contributed by atoms with E-state index < -0.39 is 0 Å². The van der Waals surface area contributed by atoms with Crippen molar-refractivity contribution in [1.29, 1.82) is 0 Å². The molecule has 0 saturated carbocycles. The van der Waals surface area contributed by atoms with Gasteiger partial charge >= 0.3 is 0 Å². The Morgan fingerprint density at radius 2 is 1.62 bits per heavy atom. The minimum Gasteiger partial charge on any atom is -0.490 e. The lowest BCUT2D eigenvalue weighted by molar-refractivity contribution is 0.269. The summed E-state index contributed by atoms with van der Waals surface area (Å²) in [7, 11) is 0. The summed E-state index contributed by atoms with van der Waals surface area (Å²) in [5.41, 5.74) is 7.44. The molecule has 0 atom stereocenters. The molecule has 5 heteroatoms. The van der Waals surface area contributed by atoms with Crippen molar-refractivity contribution >= 4 is 17.8 Å². The maximum absolute atomic E-state index is 5.97. The van der Waals surface area contributed by atoms with E-state index in [0.717, 1.165) is 27.5 Å². The van der Waals surface area contributed by atoms with Crippen molar-refractivity contribution in [3.8, 4) is 11.5 Å². The van der Waals surface area contributed by atoms with Crippen molar-refractivity contribution in [3.05, 3.63) is 94.0 Å². The van der Waals surface area contributed by atoms with Gasteiger partial charge in [-0.3, -0.25) is 0 Å². The molecule has 0 radical (unpaired) electrons. The highest BCUT2D eigenvalue weighted by molar-refractivity contribution is 6.30. The van der Waals surface area contributed by atoms with Crippen LogP contribution in [-0.2, 0) is 13.2 Å². The summed E-state index contributed by atoms with van der Waals surface area (Å²) in [6, 6.07) is 21.8. The van der Waals surface area contributed by atoms with Gasteiger partial charge in [0.15, 0.2) is 11.5 Å². The molecule has 0 heterocycles. The van der Waals surface area contributed by atoms with E-state index in [0.29, 0.717) is 25.5 Å². The second-order valence-electron chi connectivity index (χ2n) is 6.63. The molecule has 0 fully saturated rings. The van der Waals surface area contributed by atoms with E-state index in [1.165, 1.54) is 5.56 Å². The van der Waals surface area contributed by atoms with Crippen molar-refractivity contribution in [1.82, 2.24) is 5.43 Å². The molecular weight excluding hydrogens is 384 g/mol. The number of ether oxygens (including phenoxy) is 2. The van der Waals surface area contributed by atoms with E-state index in [4.69, 9.17) is 21.1 Å². The summed E-state index contributed by atoms with van der Waals surface area (Å²) in [6.07, 6.45) is 1.77. The SMILES string of the molecule is CCOc1cc(/C=N\NCc2ccc(Cl)cc2)ccc1OCc1ccc(C)cc1. The zero-order valence-electron chi connectivity index (χ0n) is 16.7. The summed E-state index contributed by atoms with van der Waals surface area (Å²) >= 11 is 5.90. The fraction of sp³-hybridized carbons (Fsp3) is 0.208. The molecule has 0 aliphatic heterocycles. The maximum Gasteiger partial charge on any atom is 0.161 e. The highest BCUT2D eigenvalue weighted by Gasteiger charge is 2.06. The first-order valence-corrected chi connectivity index (χ1v) is 9.97. The zero-order chi connectivity index (χ0) is 20.5. The predicted molar refractivity (Wildman–Crippen MR) is 119 cm³/mol. The van der Waals surface area contributed by atoms with Crippen LogP contribution in [0.2, 0.25) is 5.02 Å². The summed E-state index contributed by atoms with van der Waals surface area (Å²) in [4.78, 5) is 0. The normalized spacial score (nSPS) is 10.9. The smallest absolute Gasteiger partial charge is 0.161 e. The van der Waals surface area contributed by atoms with E-state index >= 15 is 0 Å². The van der Waals surface area contributed by atoms with Gasteiger partial charge in [-0.15, -0.1) is 0 Å².